The predicted octanol–water partition coefficient (Wildman–Crippen LogP) is 4.85. The smallest absolute Gasteiger partial charge is 0.322 e. The number of carbonyl (C=O) groups is 2. The van der Waals surface area contributed by atoms with E-state index in [1.807, 2.05) is 97.9 Å². The number of benzene rings is 3. The number of hydrogen-bond acceptors (Lipinski definition) is 4. The predicted molar refractivity (Wildman–Crippen MR) is 128 cm³/mol. The van der Waals surface area contributed by atoms with Crippen LogP contribution in [0.15, 0.2) is 91.0 Å². The van der Waals surface area contributed by atoms with E-state index in [2.05, 4.69) is 0 Å². The van der Waals surface area contributed by atoms with Crippen LogP contribution in [0.4, 0.5) is 0 Å². The number of carbonyl (C=O) groups excluding carboxylic acids is 2. The lowest BCUT2D eigenvalue weighted by molar-refractivity contribution is -0.180. The highest BCUT2D eigenvalue weighted by atomic mass is 16.5. The van der Waals surface area contributed by atoms with Crippen molar-refractivity contribution in [2.45, 2.75) is 44.6 Å². The Bertz CT molecular complexity index is 1150. The number of nitrogens with zero attached hydrogens (tertiary/aromatic N) is 1. The first-order chi connectivity index (χ1) is 16.5. The molecule has 0 radical (unpaired) electrons. The van der Waals surface area contributed by atoms with Crippen LogP contribution in [0, 0.1) is 5.41 Å². The molecule has 174 valence electrons. The highest BCUT2D eigenvalue weighted by molar-refractivity contribution is 6.04. The Morgan fingerprint density at radius 1 is 0.941 bits per heavy atom. The van der Waals surface area contributed by atoms with E-state index in [9.17, 15) is 9.59 Å². The van der Waals surface area contributed by atoms with Gasteiger partial charge in [-0.1, -0.05) is 91.0 Å². The Hall–Kier alpha value is -3.44. The van der Waals surface area contributed by atoms with Crippen molar-refractivity contribution >= 4 is 11.9 Å². The monoisotopic (exact) mass is 455 g/mol. The van der Waals surface area contributed by atoms with E-state index in [1.54, 1.807) is 4.90 Å². The zero-order valence-electron chi connectivity index (χ0n) is 19.4. The lowest BCUT2D eigenvalue weighted by atomic mass is 9.72. The van der Waals surface area contributed by atoms with Gasteiger partial charge in [-0.2, -0.15) is 0 Å². The summed E-state index contributed by atoms with van der Waals surface area (Å²) in [6, 6.07) is 29.0. The zero-order chi connectivity index (χ0) is 23.6. The number of esters is 1. The van der Waals surface area contributed by atoms with Crippen LogP contribution in [-0.4, -0.2) is 29.4 Å². The van der Waals surface area contributed by atoms with E-state index >= 15 is 0 Å². The Kier molecular flexibility index (Phi) is 5.96. The van der Waals surface area contributed by atoms with Crippen LogP contribution < -0.4 is 0 Å². The molecule has 0 aliphatic carbocycles. The van der Waals surface area contributed by atoms with Gasteiger partial charge in [0.05, 0.1) is 12.6 Å². The topological polar surface area (TPSA) is 55.8 Å². The Morgan fingerprint density at radius 2 is 1.53 bits per heavy atom. The standard InChI is InChI=1S/C29H29NO4/c1-28(24-15-9-4-10-16-24)30-25(21-34-28)17-18-29(26(30)31,19-22-11-5-2-6-12-22)27(32)33-20-23-13-7-3-8-14-23/h2-16,25H,17-21H2,1H3/t25-,28-,29?/m0/s1. The van der Waals surface area contributed by atoms with Crippen LogP contribution in [0.3, 0.4) is 0 Å². The van der Waals surface area contributed by atoms with Crippen LogP contribution >= 0.6 is 0 Å². The van der Waals surface area contributed by atoms with Gasteiger partial charge in [-0.25, -0.2) is 0 Å². The summed E-state index contributed by atoms with van der Waals surface area (Å²) >= 11 is 0. The third kappa shape index (κ3) is 3.90. The molecule has 3 aromatic carbocycles. The van der Waals surface area contributed by atoms with Gasteiger partial charge in [0.25, 0.3) is 0 Å². The Labute approximate surface area is 200 Å². The average molecular weight is 456 g/mol. The van der Waals surface area contributed by atoms with Crippen LogP contribution in [-0.2, 0) is 37.8 Å². The molecule has 5 heteroatoms. The molecule has 0 aromatic heterocycles. The third-order valence-electron chi connectivity index (χ3n) is 7.18. The summed E-state index contributed by atoms with van der Waals surface area (Å²) in [5.74, 6) is -0.680. The molecule has 5 rings (SSSR count). The van der Waals surface area contributed by atoms with Gasteiger partial charge in [0.1, 0.15) is 6.61 Å². The molecule has 0 saturated carbocycles. The quantitative estimate of drug-likeness (QED) is 0.394. The van der Waals surface area contributed by atoms with E-state index in [4.69, 9.17) is 9.47 Å². The van der Waals surface area contributed by atoms with Gasteiger partial charge < -0.3 is 14.4 Å². The summed E-state index contributed by atoms with van der Waals surface area (Å²) in [6.07, 6.45) is 1.42. The summed E-state index contributed by atoms with van der Waals surface area (Å²) in [4.78, 5) is 29.9. The fourth-order valence-electron chi connectivity index (χ4n) is 5.27. The maximum absolute atomic E-state index is 14.3. The Morgan fingerprint density at radius 3 is 2.18 bits per heavy atom. The average Bonchev–Trinajstić information content (AvgIpc) is 3.24. The van der Waals surface area contributed by atoms with Gasteiger partial charge in [-0.3, -0.25) is 9.59 Å². The highest BCUT2D eigenvalue weighted by Crippen LogP contribution is 2.48. The summed E-state index contributed by atoms with van der Waals surface area (Å²) in [6.45, 7) is 2.52. The van der Waals surface area contributed by atoms with Crippen molar-refractivity contribution in [1.82, 2.24) is 4.90 Å². The van der Waals surface area contributed by atoms with Crippen LogP contribution in [0.25, 0.3) is 0 Å². The lowest BCUT2D eigenvalue weighted by Gasteiger charge is -2.46. The van der Waals surface area contributed by atoms with Gasteiger partial charge in [0, 0.05) is 5.56 Å². The van der Waals surface area contributed by atoms with Crippen LogP contribution in [0.2, 0.25) is 0 Å². The Balaban J connectivity index is 1.50. The second-order valence-electron chi connectivity index (χ2n) is 9.33. The molecule has 0 spiro atoms. The molecule has 2 heterocycles. The minimum absolute atomic E-state index is 0.0662. The lowest BCUT2D eigenvalue weighted by Crippen LogP contribution is -2.60. The number of hydrogen-bond donors (Lipinski definition) is 0. The van der Waals surface area contributed by atoms with E-state index in [0.717, 1.165) is 16.7 Å². The van der Waals surface area contributed by atoms with Gasteiger partial charge in [0.15, 0.2) is 11.1 Å². The van der Waals surface area contributed by atoms with Gasteiger partial charge in [0.2, 0.25) is 5.91 Å². The third-order valence-corrected chi connectivity index (χ3v) is 7.18. The summed E-state index contributed by atoms with van der Waals surface area (Å²) in [7, 11) is 0. The normalized spacial score (nSPS) is 26.2. The van der Waals surface area contributed by atoms with Crippen molar-refractivity contribution in [3.05, 3.63) is 108 Å². The molecular formula is C29H29NO4. The number of piperidine rings is 1. The zero-order valence-corrected chi connectivity index (χ0v) is 19.4. The molecule has 2 aliphatic heterocycles. The second-order valence-corrected chi connectivity index (χ2v) is 9.33. The first kappa shape index (κ1) is 22.4. The minimum atomic E-state index is -1.30. The molecule has 2 saturated heterocycles. The van der Waals surface area contributed by atoms with Gasteiger partial charge in [-0.15, -0.1) is 0 Å². The van der Waals surface area contributed by atoms with Crippen molar-refractivity contribution in [2.75, 3.05) is 6.61 Å². The summed E-state index contributed by atoms with van der Waals surface area (Å²) < 4.78 is 12.1. The molecule has 1 unspecified atom stereocenters. The van der Waals surface area contributed by atoms with E-state index in [-0.39, 0.29) is 18.6 Å². The summed E-state index contributed by atoms with van der Waals surface area (Å²) in [5, 5.41) is 0. The first-order valence-corrected chi connectivity index (χ1v) is 11.8. The van der Waals surface area contributed by atoms with Gasteiger partial charge >= 0.3 is 5.97 Å². The van der Waals surface area contributed by atoms with E-state index < -0.39 is 17.1 Å². The molecule has 0 N–H and O–H groups in total. The number of fused-ring (bicyclic) bond motifs is 1. The molecule has 5 nitrogen and oxygen atoms in total. The highest BCUT2D eigenvalue weighted by Gasteiger charge is 2.60. The van der Waals surface area contributed by atoms with Crippen molar-refractivity contribution in [1.29, 1.82) is 0 Å². The molecule has 3 aromatic rings. The van der Waals surface area contributed by atoms with Crippen molar-refractivity contribution in [3.63, 3.8) is 0 Å². The fraction of sp³-hybridized carbons (Fsp3) is 0.310. The van der Waals surface area contributed by atoms with Crippen LogP contribution in [0.5, 0.6) is 0 Å². The fourth-order valence-corrected chi connectivity index (χ4v) is 5.27. The summed E-state index contributed by atoms with van der Waals surface area (Å²) in [5.41, 5.74) is 0.513. The minimum Gasteiger partial charge on any atom is -0.460 e. The maximum Gasteiger partial charge on any atom is 0.322 e. The van der Waals surface area contributed by atoms with Crippen molar-refractivity contribution in [2.24, 2.45) is 5.41 Å². The molecule has 3 atom stereocenters. The van der Waals surface area contributed by atoms with Gasteiger partial charge in [-0.05, 0) is 37.3 Å². The second kappa shape index (κ2) is 9.07. The molecule has 34 heavy (non-hydrogen) atoms. The molecule has 2 aliphatic rings. The van der Waals surface area contributed by atoms with E-state index in [0.29, 0.717) is 25.9 Å². The largest absolute Gasteiger partial charge is 0.460 e. The maximum atomic E-state index is 14.3. The van der Waals surface area contributed by atoms with Crippen LogP contribution in [0.1, 0.15) is 36.5 Å². The molecule has 1 amide bonds. The van der Waals surface area contributed by atoms with Crippen molar-refractivity contribution < 1.29 is 19.1 Å². The first-order valence-electron chi connectivity index (χ1n) is 11.8. The molecular weight excluding hydrogens is 426 g/mol. The number of ether oxygens (including phenoxy) is 2. The number of amides is 1. The molecule has 0 bridgehead atoms. The van der Waals surface area contributed by atoms with Crippen molar-refractivity contribution in [3.8, 4) is 0 Å². The van der Waals surface area contributed by atoms with E-state index in [1.165, 1.54) is 0 Å². The molecule has 2 fully saturated rings. The SMILES string of the molecule is C[C@@]1(c2ccccc2)OC[C@@H]2CCC(Cc3ccccc3)(C(=O)OCc3ccccc3)C(=O)N21. The number of rotatable bonds is 6.